The van der Waals surface area contributed by atoms with Crippen LogP contribution in [0.1, 0.15) is 19.3 Å². The molecule has 2 atom stereocenters. The minimum Gasteiger partial charge on any atom is -0.453 e. The van der Waals surface area contributed by atoms with E-state index in [4.69, 9.17) is 9.47 Å². The number of cyclic esters (lactones) is 2. The van der Waals surface area contributed by atoms with Gasteiger partial charge in [-0.05, 0) is 19.3 Å². The molecule has 2 unspecified atom stereocenters. The van der Waals surface area contributed by atoms with Crippen LogP contribution in [0, 0.1) is 0 Å². The van der Waals surface area contributed by atoms with Gasteiger partial charge < -0.3 is 14.2 Å². The van der Waals surface area contributed by atoms with E-state index in [1.165, 1.54) is 7.11 Å². The average Bonchev–Trinajstić information content (AvgIpc) is 2.35. The van der Waals surface area contributed by atoms with Crippen LogP contribution in [-0.2, 0) is 23.8 Å². The van der Waals surface area contributed by atoms with Crippen molar-refractivity contribution in [1.82, 2.24) is 4.90 Å². The summed E-state index contributed by atoms with van der Waals surface area (Å²) in [5.41, 5.74) is 0. The highest BCUT2D eigenvalue weighted by Gasteiger charge is 2.45. The van der Waals surface area contributed by atoms with Gasteiger partial charge in [-0.1, -0.05) is 0 Å². The third-order valence-corrected chi connectivity index (χ3v) is 2.96. The summed E-state index contributed by atoms with van der Waals surface area (Å²) in [6.45, 7) is -0.389. The van der Waals surface area contributed by atoms with E-state index in [2.05, 4.69) is 4.74 Å². The monoisotopic (exact) mass is 243 g/mol. The van der Waals surface area contributed by atoms with Crippen LogP contribution in [0.15, 0.2) is 0 Å². The molecule has 7 nitrogen and oxygen atoms in total. The third kappa shape index (κ3) is 2.04. The Labute approximate surface area is 97.6 Å². The molecule has 0 radical (unpaired) electrons. The Morgan fingerprint density at radius 3 is 2.24 bits per heavy atom. The first-order valence-corrected chi connectivity index (χ1v) is 5.34. The third-order valence-electron chi connectivity index (χ3n) is 2.96. The number of amides is 1. The zero-order valence-electron chi connectivity index (χ0n) is 9.38. The Hall–Kier alpha value is -1.79. The van der Waals surface area contributed by atoms with E-state index in [1.54, 1.807) is 0 Å². The summed E-state index contributed by atoms with van der Waals surface area (Å²) < 4.78 is 14.1. The van der Waals surface area contributed by atoms with E-state index in [0.717, 1.165) is 4.90 Å². The fourth-order valence-electron chi connectivity index (χ4n) is 2.16. The number of methoxy groups -OCH3 is 1. The van der Waals surface area contributed by atoms with Crippen LogP contribution < -0.4 is 0 Å². The molecule has 17 heavy (non-hydrogen) atoms. The topological polar surface area (TPSA) is 82.1 Å². The maximum Gasteiger partial charge on any atom is 0.410 e. The standard InChI is InChI=1S/C10H13NO6/c1-15-10(14)11-6-3-2-4-7(11)9(13)17-5-16-8(6)12/h6-7H,2-5H2,1H3. The summed E-state index contributed by atoms with van der Waals surface area (Å²) in [6, 6.07) is -1.51. The molecule has 0 aromatic heterocycles. The van der Waals surface area contributed by atoms with Crippen molar-refractivity contribution in [2.24, 2.45) is 0 Å². The van der Waals surface area contributed by atoms with Gasteiger partial charge in [0.05, 0.1) is 7.11 Å². The predicted octanol–water partition coefficient (Wildman–Crippen LogP) is 0.0334. The van der Waals surface area contributed by atoms with Gasteiger partial charge >= 0.3 is 18.0 Å². The van der Waals surface area contributed by atoms with Crippen molar-refractivity contribution in [3.8, 4) is 0 Å². The maximum absolute atomic E-state index is 11.7. The van der Waals surface area contributed by atoms with Gasteiger partial charge in [-0.3, -0.25) is 4.90 Å². The molecule has 2 heterocycles. The smallest absolute Gasteiger partial charge is 0.410 e. The van der Waals surface area contributed by atoms with Gasteiger partial charge in [-0.15, -0.1) is 0 Å². The highest BCUT2D eigenvalue weighted by Crippen LogP contribution is 2.27. The number of ether oxygens (including phenoxy) is 3. The quantitative estimate of drug-likeness (QED) is 0.558. The minimum atomic E-state index is -0.756. The number of esters is 2. The van der Waals surface area contributed by atoms with E-state index in [-0.39, 0.29) is 6.79 Å². The van der Waals surface area contributed by atoms with Crippen LogP contribution >= 0.6 is 0 Å². The van der Waals surface area contributed by atoms with Crippen LogP contribution in [0.25, 0.3) is 0 Å². The fourth-order valence-corrected chi connectivity index (χ4v) is 2.16. The second kappa shape index (κ2) is 4.60. The number of hydrogen-bond acceptors (Lipinski definition) is 6. The number of hydrogen-bond donors (Lipinski definition) is 0. The second-order valence-electron chi connectivity index (χ2n) is 3.88. The van der Waals surface area contributed by atoms with Crippen LogP contribution in [-0.4, -0.2) is 48.9 Å². The lowest BCUT2D eigenvalue weighted by atomic mass is 9.96. The van der Waals surface area contributed by atoms with Gasteiger partial charge in [0.25, 0.3) is 0 Å². The first kappa shape index (κ1) is 11.7. The van der Waals surface area contributed by atoms with Gasteiger partial charge in [0, 0.05) is 0 Å². The summed E-state index contributed by atoms with van der Waals surface area (Å²) in [4.78, 5) is 36.0. The van der Waals surface area contributed by atoms with E-state index in [0.29, 0.717) is 19.3 Å². The molecule has 2 bridgehead atoms. The molecule has 0 aliphatic carbocycles. The number of carbonyl (C=O) groups is 3. The van der Waals surface area contributed by atoms with Crippen molar-refractivity contribution in [2.75, 3.05) is 13.9 Å². The molecule has 0 N–H and O–H groups in total. The molecular formula is C10H13NO6. The number of carbonyl (C=O) groups excluding carboxylic acids is 3. The highest BCUT2D eigenvalue weighted by atomic mass is 16.7. The Bertz CT molecular complexity index is 331. The van der Waals surface area contributed by atoms with Crippen molar-refractivity contribution < 1.29 is 28.6 Å². The van der Waals surface area contributed by atoms with E-state index >= 15 is 0 Å². The lowest BCUT2D eigenvalue weighted by Crippen LogP contribution is -2.58. The fraction of sp³-hybridized carbons (Fsp3) is 0.700. The number of piperidine rings is 1. The molecule has 0 spiro atoms. The first-order chi connectivity index (χ1) is 8.15. The summed E-state index contributed by atoms with van der Waals surface area (Å²) in [6.07, 6.45) is 0.887. The summed E-state index contributed by atoms with van der Waals surface area (Å²) in [5, 5.41) is 0. The first-order valence-electron chi connectivity index (χ1n) is 5.34. The zero-order chi connectivity index (χ0) is 12.4. The molecule has 0 aromatic carbocycles. The zero-order valence-corrected chi connectivity index (χ0v) is 9.38. The number of fused-ring (bicyclic) bond motifs is 2. The number of nitrogens with zero attached hydrogens (tertiary/aromatic N) is 1. The predicted molar refractivity (Wildman–Crippen MR) is 52.7 cm³/mol. The molecule has 2 rings (SSSR count). The maximum atomic E-state index is 11.7. The van der Waals surface area contributed by atoms with Crippen molar-refractivity contribution in [3.05, 3.63) is 0 Å². The lowest BCUT2D eigenvalue weighted by Gasteiger charge is -2.39. The largest absolute Gasteiger partial charge is 0.453 e. The molecule has 7 heteroatoms. The molecule has 0 aromatic rings. The Balaban J connectivity index is 2.31. The molecule has 2 saturated heterocycles. The second-order valence-corrected chi connectivity index (χ2v) is 3.88. The highest BCUT2D eigenvalue weighted by molar-refractivity contribution is 5.88. The van der Waals surface area contributed by atoms with Crippen molar-refractivity contribution in [3.63, 3.8) is 0 Å². The molecule has 94 valence electrons. The van der Waals surface area contributed by atoms with Gasteiger partial charge in [0.15, 0.2) is 0 Å². The number of rotatable bonds is 0. The van der Waals surface area contributed by atoms with Crippen LogP contribution in [0.3, 0.4) is 0 Å². The van der Waals surface area contributed by atoms with E-state index < -0.39 is 30.1 Å². The van der Waals surface area contributed by atoms with Crippen molar-refractivity contribution >= 4 is 18.0 Å². The van der Waals surface area contributed by atoms with Crippen LogP contribution in [0.2, 0.25) is 0 Å². The molecule has 0 saturated carbocycles. The SMILES string of the molecule is COC(=O)N1C2CCCC1C(=O)OCOC2=O. The molecule has 2 fully saturated rings. The van der Waals surface area contributed by atoms with Crippen LogP contribution in [0.5, 0.6) is 0 Å². The minimum absolute atomic E-state index is 0.389. The van der Waals surface area contributed by atoms with Crippen molar-refractivity contribution in [2.45, 2.75) is 31.3 Å². The Morgan fingerprint density at radius 1 is 1.24 bits per heavy atom. The van der Waals surface area contributed by atoms with E-state index in [9.17, 15) is 14.4 Å². The van der Waals surface area contributed by atoms with Gasteiger partial charge in [-0.2, -0.15) is 0 Å². The molecule has 2 aliphatic rings. The van der Waals surface area contributed by atoms with Crippen LogP contribution in [0.4, 0.5) is 4.79 Å². The Kier molecular flexibility index (Phi) is 3.16. The lowest BCUT2D eigenvalue weighted by molar-refractivity contribution is -0.184. The summed E-state index contributed by atoms with van der Waals surface area (Å²) in [5.74, 6) is -1.12. The molecular weight excluding hydrogens is 230 g/mol. The van der Waals surface area contributed by atoms with Crippen molar-refractivity contribution in [1.29, 1.82) is 0 Å². The summed E-state index contributed by atoms with van der Waals surface area (Å²) >= 11 is 0. The van der Waals surface area contributed by atoms with Gasteiger partial charge in [0.1, 0.15) is 12.1 Å². The van der Waals surface area contributed by atoms with Gasteiger partial charge in [-0.25, -0.2) is 14.4 Å². The molecule has 2 aliphatic heterocycles. The molecule has 1 amide bonds. The van der Waals surface area contributed by atoms with E-state index in [1.807, 2.05) is 0 Å². The Morgan fingerprint density at radius 2 is 1.76 bits per heavy atom. The normalized spacial score (nSPS) is 28.6. The summed E-state index contributed by atoms with van der Waals surface area (Å²) in [7, 11) is 1.20. The van der Waals surface area contributed by atoms with Gasteiger partial charge in [0.2, 0.25) is 6.79 Å². The average molecular weight is 243 g/mol.